The van der Waals surface area contributed by atoms with E-state index in [0.29, 0.717) is 6.07 Å². The van der Waals surface area contributed by atoms with Crippen LogP contribution < -0.4 is 0 Å². The number of nitrogens with zero attached hydrogens (tertiary/aromatic N) is 1. The van der Waals surface area contributed by atoms with Crippen LogP contribution >= 0.6 is 0 Å². The van der Waals surface area contributed by atoms with E-state index in [2.05, 4.69) is 0 Å². The first kappa shape index (κ1) is 10.9. The molecule has 0 amide bonds. The molecule has 0 aromatic heterocycles. The van der Waals surface area contributed by atoms with Gasteiger partial charge in [0.05, 0.1) is 11.6 Å². The Labute approximate surface area is 83.9 Å². The highest BCUT2D eigenvalue weighted by molar-refractivity contribution is 5.88. The molecule has 15 heavy (non-hydrogen) atoms. The monoisotopic (exact) mass is 209 g/mol. The molecule has 5 heteroatoms. The number of carbonyl (C=O) groups is 1. The third kappa shape index (κ3) is 2.38. The summed E-state index contributed by atoms with van der Waals surface area (Å²) < 4.78 is 25.9. The Morgan fingerprint density at radius 3 is 2.60 bits per heavy atom. The van der Waals surface area contributed by atoms with Crippen LogP contribution in [0.1, 0.15) is 15.9 Å². The van der Waals surface area contributed by atoms with Crippen molar-refractivity contribution in [1.82, 2.24) is 0 Å². The molecule has 3 nitrogen and oxygen atoms in total. The summed E-state index contributed by atoms with van der Waals surface area (Å²) in [5.74, 6) is -3.54. The molecule has 1 rings (SSSR count). The Morgan fingerprint density at radius 2 is 2.07 bits per heavy atom. The summed E-state index contributed by atoms with van der Waals surface area (Å²) in [5.41, 5.74) is -0.774. The number of hydrogen-bond acceptors (Lipinski definition) is 2. The average molecular weight is 209 g/mol. The number of carboxylic acid groups (broad SMARTS) is 1. The SMILES string of the molecule is N#CC=Cc1cc(C(=O)O)c(F)cc1F. The van der Waals surface area contributed by atoms with E-state index in [4.69, 9.17) is 10.4 Å². The highest BCUT2D eigenvalue weighted by Gasteiger charge is 2.13. The van der Waals surface area contributed by atoms with E-state index in [1.54, 1.807) is 6.07 Å². The minimum atomic E-state index is -1.49. The van der Waals surface area contributed by atoms with Crippen molar-refractivity contribution >= 4 is 12.0 Å². The number of halogens is 2. The second-order valence-corrected chi connectivity index (χ2v) is 2.62. The van der Waals surface area contributed by atoms with Gasteiger partial charge < -0.3 is 5.11 Å². The number of carboxylic acids is 1. The summed E-state index contributed by atoms with van der Waals surface area (Å²) in [6.45, 7) is 0. The number of allylic oxidation sites excluding steroid dienone is 1. The zero-order chi connectivity index (χ0) is 11.4. The molecule has 76 valence electrons. The molecule has 0 fully saturated rings. The van der Waals surface area contributed by atoms with Gasteiger partial charge in [0.15, 0.2) is 0 Å². The van der Waals surface area contributed by atoms with Crippen molar-refractivity contribution < 1.29 is 18.7 Å². The van der Waals surface area contributed by atoms with E-state index in [1.807, 2.05) is 0 Å². The summed E-state index contributed by atoms with van der Waals surface area (Å²) >= 11 is 0. The van der Waals surface area contributed by atoms with Gasteiger partial charge in [0.1, 0.15) is 11.6 Å². The van der Waals surface area contributed by atoms with Gasteiger partial charge in [-0.15, -0.1) is 0 Å². The molecule has 1 aromatic rings. The van der Waals surface area contributed by atoms with E-state index >= 15 is 0 Å². The molecule has 0 atom stereocenters. The Morgan fingerprint density at radius 1 is 1.40 bits per heavy atom. The maximum absolute atomic E-state index is 13.0. The van der Waals surface area contributed by atoms with Crippen LogP contribution in [0.3, 0.4) is 0 Å². The molecule has 1 aromatic carbocycles. The average Bonchev–Trinajstić information content (AvgIpc) is 2.16. The molecule has 0 bridgehead atoms. The van der Waals surface area contributed by atoms with Gasteiger partial charge in [-0.1, -0.05) is 0 Å². The lowest BCUT2D eigenvalue weighted by atomic mass is 10.1. The van der Waals surface area contributed by atoms with Crippen molar-refractivity contribution in [3.05, 3.63) is 41.0 Å². The van der Waals surface area contributed by atoms with Gasteiger partial charge in [-0.2, -0.15) is 5.26 Å². The van der Waals surface area contributed by atoms with E-state index in [9.17, 15) is 13.6 Å². The van der Waals surface area contributed by atoms with Crippen molar-refractivity contribution in [3.63, 3.8) is 0 Å². The largest absolute Gasteiger partial charge is 0.478 e. The molecule has 0 unspecified atom stereocenters. The number of hydrogen-bond donors (Lipinski definition) is 1. The Hall–Kier alpha value is -2.22. The second kappa shape index (κ2) is 4.33. The van der Waals surface area contributed by atoms with Crippen LogP contribution in [-0.2, 0) is 0 Å². The number of nitriles is 1. The predicted octanol–water partition coefficient (Wildman–Crippen LogP) is 2.20. The van der Waals surface area contributed by atoms with E-state index in [0.717, 1.165) is 18.2 Å². The third-order valence-electron chi connectivity index (χ3n) is 1.65. The molecule has 1 N–H and O–H groups in total. The quantitative estimate of drug-likeness (QED) is 0.759. The number of aromatic carboxylic acids is 1. The van der Waals surface area contributed by atoms with Crippen LogP contribution in [0.2, 0.25) is 0 Å². The Bertz CT molecular complexity index is 475. The molecule has 0 saturated heterocycles. The zero-order valence-corrected chi connectivity index (χ0v) is 7.37. The minimum Gasteiger partial charge on any atom is -0.478 e. The molecule has 0 aliphatic heterocycles. The molecular formula is C10H5F2NO2. The second-order valence-electron chi connectivity index (χ2n) is 2.62. The first-order valence-corrected chi connectivity index (χ1v) is 3.84. The normalized spacial score (nSPS) is 10.2. The van der Waals surface area contributed by atoms with Crippen LogP contribution in [-0.4, -0.2) is 11.1 Å². The maximum Gasteiger partial charge on any atom is 0.338 e. The van der Waals surface area contributed by atoms with Crippen LogP contribution in [0.5, 0.6) is 0 Å². The Kier molecular flexibility index (Phi) is 3.13. The zero-order valence-electron chi connectivity index (χ0n) is 7.37. The molecule has 0 heterocycles. The van der Waals surface area contributed by atoms with Crippen LogP contribution in [0, 0.1) is 23.0 Å². The molecular weight excluding hydrogens is 204 g/mol. The molecule has 0 radical (unpaired) electrons. The molecule has 0 spiro atoms. The summed E-state index contributed by atoms with van der Waals surface area (Å²) in [7, 11) is 0. The smallest absolute Gasteiger partial charge is 0.338 e. The molecule has 0 saturated carbocycles. The first-order valence-electron chi connectivity index (χ1n) is 3.84. The van der Waals surface area contributed by atoms with E-state index in [-0.39, 0.29) is 5.56 Å². The summed E-state index contributed by atoms with van der Waals surface area (Å²) in [5, 5.41) is 16.8. The molecule has 0 aliphatic rings. The van der Waals surface area contributed by atoms with Crippen LogP contribution in [0.4, 0.5) is 8.78 Å². The van der Waals surface area contributed by atoms with Gasteiger partial charge in [-0.3, -0.25) is 0 Å². The van der Waals surface area contributed by atoms with Crippen molar-refractivity contribution in [3.8, 4) is 6.07 Å². The number of benzene rings is 1. The summed E-state index contributed by atoms with van der Waals surface area (Å²) in [4.78, 5) is 10.5. The standard InChI is InChI=1S/C10H5F2NO2/c11-8-5-9(12)7(10(14)15)4-6(8)2-1-3-13/h1-2,4-5H,(H,14,15). The highest BCUT2D eigenvalue weighted by Crippen LogP contribution is 2.16. The fourth-order valence-electron chi connectivity index (χ4n) is 0.984. The number of rotatable bonds is 2. The first-order chi connectivity index (χ1) is 7.06. The fourth-order valence-corrected chi connectivity index (χ4v) is 0.984. The van der Waals surface area contributed by atoms with Gasteiger partial charge in [-0.25, -0.2) is 13.6 Å². The minimum absolute atomic E-state index is 0.143. The van der Waals surface area contributed by atoms with Gasteiger partial charge in [0.2, 0.25) is 0 Å². The summed E-state index contributed by atoms with van der Waals surface area (Å²) in [6, 6.07) is 2.93. The van der Waals surface area contributed by atoms with Crippen molar-refractivity contribution in [1.29, 1.82) is 5.26 Å². The fraction of sp³-hybridized carbons (Fsp3) is 0. The summed E-state index contributed by atoms with van der Waals surface area (Å²) in [6.07, 6.45) is 2.04. The van der Waals surface area contributed by atoms with E-state index in [1.165, 1.54) is 0 Å². The van der Waals surface area contributed by atoms with Crippen molar-refractivity contribution in [2.45, 2.75) is 0 Å². The van der Waals surface area contributed by atoms with Crippen LogP contribution in [0.25, 0.3) is 6.08 Å². The third-order valence-corrected chi connectivity index (χ3v) is 1.65. The van der Waals surface area contributed by atoms with Gasteiger partial charge in [-0.05, 0) is 12.1 Å². The maximum atomic E-state index is 13.0. The van der Waals surface area contributed by atoms with Gasteiger partial charge in [0, 0.05) is 17.7 Å². The Balaban J connectivity index is 3.31. The topological polar surface area (TPSA) is 61.1 Å². The van der Waals surface area contributed by atoms with Gasteiger partial charge >= 0.3 is 5.97 Å². The lowest BCUT2D eigenvalue weighted by Crippen LogP contribution is -2.02. The van der Waals surface area contributed by atoms with Crippen molar-refractivity contribution in [2.24, 2.45) is 0 Å². The van der Waals surface area contributed by atoms with Crippen molar-refractivity contribution in [2.75, 3.05) is 0 Å². The lowest BCUT2D eigenvalue weighted by molar-refractivity contribution is 0.0691. The molecule has 0 aliphatic carbocycles. The lowest BCUT2D eigenvalue weighted by Gasteiger charge is -2.00. The van der Waals surface area contributed by atoms with Crippen LogP contribution in [0.15, 0.2) is 18.2 Å². The van der Waals surface area contributed by atoms with Gasteiger partial charge in [0.25, 0.3) is 0 Å². The predicted molar refractivity (Wildman–Crippen MR) is 48.0 cm³/mol. The van der Waals surface area contributed by atoms with E-state index < -0.39 is 23.2 Å². The highest BCUT2D eigenvalue weighted by atomic mass is 19.1.